The summed E-state index contributed by atoms with van der Waals surface area (Å²) >= 11 is 0. The fourth-order valence-electron chi connectivity index (χ4n) is 1.64. The van der Waals surface area contributed by atoms with Crippen molar-refractivity contribution in [2.24, 2.45) is 0 Å². The fraction of sp³-hybridized carbons (Fsp3) is 0. The number of nitrogens with zero attached hydrogens (tertiary/aromatic N) is 1. The third kappa shape index (κ3) is 2.17. The lowest BCUT2D eigenvalue weighted by Crippen LogP contribution is -2.19. The molecule has 0 spiro atoms. The van der Waals surface area contributed by atoms with Gasteiger partial charge in [-0.1, -0.05) is 12.1 Å². The molecule has 0 amide bonds. The molecule has 0 saturated carbocycles. The van der Waals surface area contributed by atoms with E-state index in [0.717, 1.165) is 6.07 Å². The van der Waals surface area contributed by atoms with Crippen LogP contribution in [0.1, 0.15) is 10.5 Å². The van der Waals surface area contributed by atoms with Crippen LogP contribution in [0.15, 0.2) is 34.0 Å². The standard InChI is InChI=1S/C10H9N3O6S/c11-7-8(10(15)16)12-13(9(7)14)5-3-1-2-4-6(5)20(17,18)19/h1-4,12H,11H2,(H,15,16)(H,17,18,19). The van der Waals surface area contributed by atoms with Crippen LogP contribution in [0.3, 0.4) is 0 Å². The van der Waals surface area contributed by atoms with Gasteiger partial charge in [-0.15, -0.1) is 0 Å². The number of H-pyrrole nitrogens is 1. The second-order valence-electron chi connectivity index (χ2n) is 3.79. The molecule has 2 rings (SSSR count). The van der Waals surface area contributed by atoms with E-state index in [-0.39, 0.29) is 5.69 Å². The first kappa shape index (κ1) is 13.8. The Hall–Kier alpha value is -2.59. The third-order valence-corrected chi connectivity index (χ3v) is 3.43. The molecule has 0 bridgehead atoms. The molecule has 1 aromatic carbocycles. The van der Waals surface area contributed by atoms with E-state index in [2.05, 4.69) is 5.10 Å². The van der Waals surface area contributed by atoms with Crippen molar-refractivity contribution in [2.45, 2.75) is 4.90 Å². The molecule has 1 heterocycles. The number of aromatic amines is 1. The number of nitrogens with one attached hydrogen (secondary N) is 1. The highest BCUT2D eigenvalue weighted by Gasteiger charge is 2.22. The van der Waals surface area contributed by atoms with Crippen molar-refractivity contribution in [2.75, 3.05) is 5.73 Å². The Kier molecular flexibility index (Phi) is 3.12. The number of hydrogen-bond acceptors (Lipinski definition) is 5. The average molecular weight is 299 g/mol. The van der Waals surface area contributed by atoms with Crippen molar-refractivity contribution < 1.29 is 22.9 Å². The van der Waals surface area contributed by atoms with Gasteiger partial charge in [0.05, 0.1) is 5.69 Å². The van der Waals surface area contributed by atoms with Crippen LogP contribution >= 0.6 is 0 Å². The Balaban J connectivity index is 2.81. The Morgan fingerprint density at radius 3 is 2.40 bits per heavy atom. The van der Waals surface area contributed by atoms with Crippen molar-refractivity contribution in [3.8, 4) is 5.69 Å². The van der Waals surface area contributed by atoms with E-state index in [1.165, 1.54) is 18.2 Å². The maximum atomic E-state index is 11.8. The lowest BCUT2D eigenvalue weighted by atomic mass is 10.3. The molecule has 0 fully saturated rings. The number of anilines is 1. The third-order valence-electron chi connectivity index (χ3n) is 2.52. The number of nitrogen functional groups attached to an aromatic ring is 1. The van der Waals surface area contributed by atoms with Crippen LogP contribution in [-0.4, -0.2) is 33.8 Å². The molecule has 0 radical (unpaired) electrons. The Labute approximate surface area is 112 Å². The number of aromatic carboxylic acids is 1. The number of carboxylic acids is 1. The summed E-state index contributed by atoms with van der Waals surface area (Å²) in [6.07, 6.45) is 0. The van der Waals surface area contributed by atoms with E-state index in [1.807, 2.05) is 0 Å². The van der Waals surface area contributed by atoms with Crippen LogP contribution in [0, 0.1) is 0 Å². The van der Waals surface area contributed by atoms with Gasteiger partial charge < -0.3 is 10.8 Å². The Bertz CT molecular complexity index is 848. The van der Waals surface area contributed by atoms with Crippen molar-refractivity contribution in [3.05, 3.63) is 40.3 Å². The van der Waals surface area contributed by atoms with Crippen LogP contribution in [0.2, 0.25) is 0 Å². The van der Waals surface area contributed by atoms with Gasteiger partial charge in [0.15, 0.2) is 5.69 Å². The van der Waals surface area contributed by atoms with E-state index in [9.17, 15) is 18.0 Å². The van der Waals surface area contributed by atoms with Crippen molar-refractivity contribution in [1.82, 2.24) is 9.78 Å². The SMILES string of the molecule is Nc1c(C(=O)O)[nH]n(-c2ccccc2S(=O)(=O)O)c1=O. The van der Waals surface area contributed by atoms with Crippen LogP contribution in [-0.2, 0) is 10.1 Å². The Morgan fingerprint density at radius 1 is 1.30 bits per heavy atom. The summed E-state index contributed by atoms with van der Waals surface area (Å²) in [6, 6.07) is 5.02. The van der Waals surface area contributed by atoms with E-state index < -0.39 is 37.9 Å². The number of aromatic nitrogens is 2. The highest BCUT2D eigenvalue weighted by molar-refractivity contribution is 7.86. The smallest absolute Gasteiger partial charge is 0.356 e. The normalized spacial score (nSPS) is 11.4. The van der Waals surface area contributed by atoms with E-state index in [0.29, 0.717) is 4.68 Å². The second kappa shape index (κ2) is 4.51. The van der Waals surface area contributed by atoms with Crippen LogP contribution in [0.25, 0.3) is 5.69 Å². The van der Waals surface area contributed by atoms with Crippen LogP contribution in [0.5, 0.6) is 0 Å². The summed E-state index contributed by atoms with van der Waals surface area (Å²) in [5.74, 6) is -1.47. The number of carboxylic acid groups (broad SMARTS) is 1. The van der Waals surface area contributed by atoms with Gasteiger partial charge in [0, 0.05) is 0 Å². The summed E-state index contributed by atoms with van der Waals surface area (Å²) in [4.78, 5) is 22.2. The molecule has 0 saturated heterocycles. The summed E-state index contributed by atoms with van der Waals surface area (Å²) < 4.78 is 32.2. The molecule has 0 unspecified atom stereocenters. The van der Waals surface area contributed by atoms with E-state index in [4.69, 9.17) is 15.4 Å². The van der Waals surface area contributed by atoms with Crippen molar-refractivity contribution in [1.29, 1.82) is 0 Å². The number of carbonyl (C=O) groups is 1. The molecule has 0 aliphatic heterocycles. The van der Waals surface area contributed by atoms with Gasteiger partial charge in [0.2, 0.25) is 0 Å². The van der Waals surface area contributed by atoms with Crippen molar-refractivity contribution in [3.63, 3.8) is 0 Å². The minimum absolute atomic E-state index is 0.237. The first-order chi connectivity index (χ1) is 9.23. The van der Waals surface area contributed by atoms with Gasteiger partial charge in [-0.2, -0.15) is 8.42 Å². The lowest BCUT2D eigenvalue weighted by molar-refractivity contribution is 0.0691. The maximum absolute atomic E-state index is 11.8. The molecule has 9 nitrogen and oxygen atoms in total. The molecule has 10 heteroatoms. The molecule has 2 aromatic rings. The minimum atomic E-state index is -4.59. The monoisotopic (exact) mass is 299 g/mol. The zero-order valence-electron chi connectivity index (χ0n) is 9.77. The predicted octanol–water partition coefficient (Wildman–Crippen LogP) is -0.307. The molecule has 20 heavy (non-hydrogen) atoms. The van der Waals surface area contributed by atoms with Gasteiger partial charge in [-0.05, 0) is 12.1 Å². The zero-order valence-corrected chi connectivity index (χ0v) is 10.6. The summed E-state index contributed by atoms with van der Waals surface area (Å²) in [7, 11) is -4.59. The van der Waals surface area contributed by atoms with Crippen molar-refractivity contribution >= 4 is 21.8 Å². The molecule has 1 aromatic heterocycles. The fourth-order valence-corrected chi connectivity index (χ4v) is 2.32. The molecular weight excluding hydrogens is 290 g/mol. The number of nitrogens with two attached hydrogens (primary N) is 1. The largest absolute Gasteiger partial charge is 0.476 e. The predicted molar refractivity (Wildman–Crippen MR) is 67.6 cm³/mol. The number of benzene rings is 1. The summed E-state index contributed by atoms with van der Waals surface area (Å²) in [5.41, 5.74) is 3.04. The molecule has 0 aliphatic rings. The topological polar surface area (TPSA) is 155 Å². The average Bonchev–Trinajstić information content (AvgIpc) is 2.65. The maximum Gasteiger partial charge on any atom is 0.356 e. The van der Waals surface area contributed by atoms with Crippen LogP contribution in [0.4, 0.5) is 5.69 Å². The molecular formula is C10H9N3O6S. The highest BCUT2D eigenvalue weighted by Crippen LogP contribution is 2.18. The first-order valence-corrected chi connectivity index (χ1v) is 6.58. The quantitative estimate of drug-likeness (QED) is 0.566. The highest BCUT2D eigenvalue weighted by atomic mass is 32.2. The molecule has 5 N–H and O–H groups in total. The summed E-state index contributed by atoms with van der Waals surface area (Å²) in [6.45, 7) is 0. The Morgan fingerprint density at radius 2 is 1.90 bits per heavy atom. The molecule has 106 valence electrons. The molecule has 0 atom stereocenters. The van der Waals surface area contributed by atoms with Gasteiger partial charge in [0.25, 0.3) is 15.7 Å². The van der Waals surface area contributed by atoms with Gasteiger partial charge >= 0.3 is 5.97 Å². The van der Waals surface area contributed by atoms with Gasteiger partial charge in [-0.25, -0.2) is 9.48 Å². The van der Waals surface area contributed by atoms with Crippen LogP contribution < -0.4 is 11.3 Å². The first-order valence-electron chi connectivity index (χ1n) is 5.14. The lowest BCUT2D eigenvalue weighted by Gasteiger charge is -2.06. The van der Waals surface area contributed by atoms with Gasteiger partial charge in [-0.3, -0.25) is 14.4 Å². The van der Waals surface area contributed by atoms with Gasteiger partial charge in [0.1, 0.15) is 10.6 Å². The van der Waals surface area contributed by atoms with E-state index >= 15 is 0 Å². The van der Waals surface area contributed by atoms with E-state index in [1.54, 1.807) is 0 Å². The number of para-hydroxylation sites is 1. The second-order valence-corrected chi connectivity index (χ2v) is 5.18. The zero-order chi connectivity index (χ0) is 15.1. The summed E-state index contributed by atoms with van der Waals surface area (Å²) in [5, 5.41) is 11.0. The number of hydrogen-bond donors (Lipinski definition) is 4. The minimum Gasteiger partial charge on any atom is -0.476 e. The molecule has 0 aliphatic carbocycles. The number of rotatable bonds is 3.